The molecule has 0 heterocycles. The fourth-order valence-corrected chi connectivity index (χ4v) is 0.541. The number of ether oxygens (including phenoxy) is 1. The van der Waals surface area contributed by atoms with Gasteiger partial charge >= 0.3 is 11.9 Å². The molecule has 0 bridgehead atoms. The molecule has 0 aliphatic heterocycles. The maximum absolute atomic E-state index is 10.6. The van der Waals surface area contributed by atoms with E-state index in [-0.39, 0.29) is 6.42 Å². The molecule has 0 unspecified atom stereocenters. The van der Waals surface area contributed by atoms with Gasteiger partial charge in [0.15, 0.2) is 0 Å². The van der Waals surface area contributed by atoms with Gasteiger partial charge in [0, 0.05) is 19.8 Å². The second-order valence-electron chi connectivity index (χ2n) is 2.02. The van der Waals surface area contributed by atoms with Gasteiger partial charge in [-0.1, -0.05) is 0 Å². The number of aldehydes is 1. The normalized spacial score (nSPS) is 8.82. The summed E-state index contributed by atoms with van der Waals surface area (Å²) in [5, 5.41) is 0. The number of carbonyl (C=O) groups excluding carboxylic acids is 3. The highest BCUT2D eigenvalue weighted by atomic mass is 16.6. The van der Waals surface area contributed by atoms with Crippen LogP contribution in [0, 0.1) is 0 Å². The molecular weight excluding hydrogens is 148 g/mol. The summed E-state index contributed by atoms with van der Waals surface area (Å²) in [5.74, 6) is -1.18. The number of hydrogen-bond donors (Lipinski definition) is 0. The van der Waals surface area contributed by atoms with Crippen molar-refractivity contribution < 1.29 is 19.1 Å². The number of hydrogen-bond acceptors (Lipinski definition) is 4. The minimum absolute atomic E-state index is 0.123. The zero-order valence-corrected chi connectivity index (χ0v) is 6.33. The number of esters is 2. The monoisotopic (exact) mass is 158 g/mol. The van der Waals surface area contributed by atoms with E-state index in [0.717, 1.165) is 13.2 Å². The first-order valence-electron chi connectivity index (χ1n) is 3.31. The number of rotatable bonds is 4. The summed E-state index contributed by atoms with van der Waals surface area (Å²) in [7, 11) is 0. The Labute approximate surface area is 64.5 Å². The topological polar surface area (TPSA) is 60.4 Å². The quantitative estimate of drug-likeness (QED) is 0.258. The third-order valence-electron chi connectivity index (χ3n) is 0.960. The second-order valence-corrected chi connectivity index (χ2v) is 2.02. The predicted octanol–water partition coefficient (Wildman–Crippen LogP) is 0.445. The van der Waals surface area contributed by atoms with Gasteiger partial charge in [-0.3, -0.25) is 9.59 Å². The van der Waals surface area contributed by atoms with E-state index in [4.69, 9.17) is 0 Å². The third-order valence-corrected chi connectivity index (χ3v) is 0.960. The summed E-state index contributed by atoms with van der Waals surface area (Å²) in [6.45, 7) is 1.16. The highest BCUT2D eigenvalue weighted by Gasteiger charge is 2.04. The van der Waals surface area contributed by atoms with Crippen LogP contribution in [0.2, 0.25) is 0 Å². The van der Waals surface area contributed by atoms with Gasteiger partial charge in [-0.25, -0.2) is 0 Å². The lowest BCUT2D eigenvalue weighted by atomic mass is 10.2. The molecule has 0 aliphatic carbocycles. The fraction of sp³-hybridized carbons (Fsp3) is 0.571. The second kappa shape index (κ2) is 5.58. The predicted molar refractivity (Wildman–Crippen MR) is 36.7 cm³/mol. The van der Waals surface area contributed by atoms with E-state index < -0.39 is 11.9 Å². The Morgan fingerprint density at radius 3 is 2.55 bits per heavy atom. The lowest BCUT2D eigenvalue weighted by Gasteiger charge is -1.96. The summed E-state index contributed by atoms with van der Waals surface area (Å²) in [5.41, 5.74) is 0. The molecule has 0 aromatic rings. The van der Waals surface area contributed by atoms with Gasteiger partial charge in [-0.2, -0.15) is 0 Å². The molecule has 0 saturated heterocycles. The van der Waals surface area contributed by atoms with E-state index in [9.17, 15) is 14.4 Å². The molecule has 0 N–H and O–H groups in total. The first-order chi connectivity index (χ1) is 5.16. The van der Waals surface area contributed by atoms with Crippen LogP contribution in [0.15, 0.2) is 0 Å². The number of unbranched alkanes of at least 4 members (excludes halogenated alkanes) is 1. The highest BCUT2D eigenvalue weighted by molar-refractivity contribution is 5.84. The van der Waals surface area contributed by atoms with Crippen molar-refractivity contribution in [2.24, 2.45) is 0 Å². The van der Waals surface area contributed by atoms with Crippen molar-refractivity contribution >= 4 is 18.2 Å². The molecule has 62 valence electrons. The molecule has 0 atom stereocenters. The van der Waals surface area contributed by atoms with Crippen molar-refractivity contribution in [2.75, 3.05) is 0 Å². The Balaban J connectivity index is 3.37. The average Bonchev–Trinajstić information content (AvgIpc) is 1.86. The lowest BCUT2D eigenvalue weighted by Crippen LogP contribution is -2.08. The maximum atomic E-state index is 10.6. The Morgan fingerprint density at radius 2 is 2.09 bits per heavy atom. The first kappa shape index (κ1) is 9.81. The third kappa shape index (κ3) is 6.70. The van der Waals surface area contributed by atoms with E-state index in [1.165, 1.54) is 0 Å². The molecule has 0 rings (SSSR count). The standard InChI is InChI=1S/C7H10O4/c1-6(9)11-7(10)4-2-3-5-8/h5H,2-4H2,1H3. The SMILES string of the molecule is CC(=O)OC(=O)CCCC=O. The van der Waals surface area contributed by atoms with Gasteiger partial charge in [0.05, 0.1) is 0 Å². The Hall–Kier alpha value is -1.19. The molecule has 11 heavy (non-hydrogen) atoms. The lowest BCUT2D eigenvalue weighted by molar-refractivity contribution is -0.158. The Morgan fingerprint density at radius 1 is 1.45 bits per heavy atom. The van der Waals surface area contributed by atoms with Crippen LogP contribution in [-0.4, -0.2) is 18.2 Å². The van der Waals surface area contributed by atoms with Gasteiger partial charge in [-0.15, -0.1) is 0 Å². The van der Waals surface area contributed by atoms with Crippen LogP contribution in [0.4, 0.5) is 0 Å². The van der Waals surface area contributed by atoms with Gasteiger partial charge in [0.1, 0.15) is 6.29 Å². The molecule has 0 saturated carbocycles. The summed E-state index contributed by atoms with van der Waals surface area (Å²) in [6.07, 6.45) is 1.61. The highest BCUT2D eigenvalue weighted by Crippen LogP contribution is 1.95. The van der Waals surface area contributed by atoms with Crippen molar-refractivity contribution in [3.05, 3.63) is 0 Å². The van der Waals surface area contributed by atoms with E-state index in [1.54, 1.807) is 0 Å². The zero-order valence-electron chi connectivity index (χ0n) is 6.33. The molecule has 0 spiro atoms. The van der Waals surface area contributed by atoms with Crippen LogP contribution in [0.3, 0.4) is 0 Å². The Bertz CT molecular complexity index is 162. The average molecular weight is 158 g/mol. The molecule has 0 amide bonds. The van der Waals surface area contributed by atoms with Gasteiger partial charge in [0.25, 0.3) is 0 Å². The van der Waals surface area contributed by atoms with E-state index in [0.29, 0.717) is 12.8 Å². The Kier molecular flexibility index (Phi) is 4.98. The van der Waals surface area contributed by atoms with Crippen LogP contribution in [0.5, 0.6) is 0 Å². The van der Waals surface area contributed by atoms with Crippen LogP contribution in [0.25, 0.3) is 0 Å². The van der Waals surface area contributed by atoms with Crippen LogP contribution < -0.4 is 0 Å². The van der Waals surface area contributed by atoms with Gasteiger partial charge in [0.2, 0.25) is 0 Å². The van der Waals surface area contributed by atoms with E-state index in [1.807, 2.05) is 0 Å². The molecule has 0 fully saturated rings. The summed E-state index contributed by atoms with van der Waals surface area (Å²) in [6, 6.07) is 0. The summed E-state index contributed by atoms with van der Waals surface area (Å²) >= 11 is 0. The van der Waals surface area contributed by atoms with Crippen molar-refractivity contribution in [2.45, 2.75) is 26.2 Å². The molecule has 0 aromatic carbocycles. The van der Waals surface area contributed by atoms with Crippen LogP contribution >= 0.6 is 0 Å². The number of carbonyl (C=O) groups is 3. The minimum atomic E-state index is -0.610. The van der Waals surface area contributed by atoms with E-state index >= 15 is 0 Å². The largest absolute Gasteiger partial charge is 0.393 e. The molecular formula is C7H10O4. The molecule has 0 aliphatic rings. The van der Waals surface area contributed by atoms with Gasteiger partial charge in [-0.05, 0) is 6.42 Å². The van der Waals surface area contributed by atoms with Crippen molar-refractivity contribution in [1.29, 1.82) is 0 Å². The molecule has 4 nitrogen and oxygen atoms in total. The molecule has 0 radical (unpaired) electrons. The van der Waals surface area contributed by atoms with Crippen LogP contribution in [-0.2, 0) is 19.1 Å². The van der Waals surface area contributed by atoms with Crippen molar-refractivity contribution in [3.8, 4) is 0 Å². The van der Waals surface area contributed by atoms with Crippen LogP contribution in [0.1, 0.15) is 26.2 Å². The summed E-state index contributed by atoms with van der Waals surface area (Å²) < 4.78 is 4.20. The first-order valence-corrected chi connectivity index (χ1v) is 3.31. The zero-order chi connectivity index (χ0) is 8.69. The minimum Gasteiger partial charge on any atom is -0.393 e. The smallest absolute Gasteiger partial charge is 0.313 e. The van der Waals surface area contributed by atoms with Gasteiger partial charge < -0.3 is 9.53 Å². The van der Waals surface area contributed by atoms with E-state index in [2.05, 4.69) is 4.74 Å². The van der Waals surface area contributed by atoms with Crippen molar-refractivity contribution in [1.82, 2.24) is 0 Å². The fourth-order valence-electron chi connectivity index (χ4n) is 0.541. The maximum Gasteiger partial charge on any atom is 0.313 e. The summed E-state index contributed by atoms with van der Waals surface area (Å²) in [4.78, 5) is 30.5. The molecule has 4 heteroatoms. The molecule has 0 aromatic heterocycles. The van der Waals surface area contributed by atoms with Crippen molar-refractivity contribution in [3.63, 3.8) is 0 Å².